The molecule has 0 saturated carbocycles. The van der Waals surface area contributed by atoms with E-state index in [1.807, 2.05) is 6.07 Å². The molecular formula is C19H23IN2. The van der Waals surface area contributed by atoms with E-state index in [9.17, 15) is 0 Å². The first kappa shape index (κ1) is 17.0. The highest BCUT2D eigenvalue weighted by Gasteiger charge is 2.10. The van der Waals surface area contributed by atoms with Crippen molar-refractivity contribution in [2.45, 2.75) is 19.3 Å². The summed E-state index contributed by atoms with van der Waals surface area (Å²) in [5.74, 6) is 0. The van der Waals surface area contributed by atoms with Crippen molar-refractivity contribution in [3.05, 3.63) is 59.9 Å². The number of piperidine rings is 1. The molecule has 1 aliphatic heterocycles. The van der Waals surface area contributed by atoms with Crippen molar-refractivity contribution >= 4 is 17.8 Å². The second kappa shape index (κ2) is 8.32. The number of hydrogen-bond acceptors (Lipinski definition) is 1. The highest BCUT2D eigenvalue weighted by atomic mass is 127. The summed E-state index contributed by atoms with van der Waals surface area (Å²) in [5.41, 5.74) is 3.81. The lowest BCUT2D eigenvalue weighted by Crippen LogP contribution is -3.00. The molecule has 116 valence electrons. The third-order valence-corrected chi connectivity index (χ3v) is 4.16. The van der Waals surface area contributed by atoms with Crippen molar-refractivity contribution in [1.29, 1.82) is 0 Å². The summed E-state index contributed by atoms with van der Waals surface area (Å²) < 4.78 is 2.12. The Hall–Kier alpha value is -1.36. The Morgan fingerprint density at radius 3 is 2.32 bits per heavy atom. The van der Waals surface area contributed by atoms with Crippen LogP contribution in [0.1, 0.15) is 30.5 Å². The molecule has 3 heteroatoms. The van der Waals surface area contributed by atoms with E-state index in [-0.39, 0.29) is 24.0 Å². The zero-order valence-electron chi connectivity index (χ0n) is 13.1. The van der Waals surface area contributed by atoms with Crippen LogP contribution in [0, 0.1) is 0 Å². The summed E-state index contributed by atoms with van der Waals surface area (Å²) in [6.45, 7) is 2.41. The molecule has 0 bridgehead atoms. The van der Waals surface area contributed by atoms with Gasteiger partial charge in [0.1, 0.15) is 7.05 Å². The molecule has 0 unspecified atom stereocenters. The van der Waals surface area contributed by atoms with Crippen molar-refractivity contribution in [1.82, 2.24) is 0 Å². The summed E-state index contributed by atoms with van der Waals surface area (Å²) >= 11 is 0. The Balaban J connectivity index is 0.00000176. The van der Waals surface area contributed by atoms with Crippen LogP contribution in [0.3, 0.4) is 0 Å². The van der Waals surface area contributed by atoms with Gasteiger partial charge in [-0.15, -0.1) is 0 Å². The van der Waals surface area contributed by atoms with Crippen LogP contribution in [0.25, 0.3) is 12.2 Å². The van der Waals surface area contributed by atoms with Gasteiger partial charge in [0.25, 0.3) is 0 Å². The molecule has 1 fully saturated rings. The second-order valence-corrected chi connectivity index (χ2v) is 5.71. The monoisotopic (exact) mass is 406 g/mol. The lowest BCUT2D eigenvalue weighted by atomic mass is 10.1. The zero-order chi connectivity index (χ0) is 14.5. The predicted molar refractivity (Wildman–Crippen MR) is 89.1 cm³/mol. The number of halogens is 1. The average molecular weight is 406 g/mol. The lowest BCUT2D eigenvalue weighted by Gasteiger charge is -2.28. The van der Waals surface area contributed by atoms with Gasteiger partial charge in [0.15, 0.2) is 6.20 Å². The molecule has 1 aromatic carbocycles. The van der Waals surface area contributed by atoms with Crippen molar-refractivity contribution in [3.8, 4) is 0 Å². The fraction of sp³-hybridized carbons (Fsp3) is 0.316. The van der Waals surface area contributed by atoms with Gasteiger partial charge in [-0.25, -0.2) is 4.57 Å². The Kier molecular flexibility index (Phi) is 6.43. The molecule has 0 N–H and O–H groups in total. The normalized spacial score (nSPS) is 14.9. The zero-order valence-corrected chi connectivity index (χ0v) is 15.2. The van der Waals surface area contributed by atoms with Gasteiger partial charge in [0, 0.05) is 37.0 Å². The number of anilines is 1. The number of benzene rings is 1. The molecule has 3 rings (SSSR count). The number of nitrogens with zero attached hydrogens (tertiary/aromatic N) is 2. The maximum absolute atomic E-state index is 2.49. The van der Waals surface area contributed by atoms with Crippen molar-refractivity contribution < 1.29 is 28.5 Å². The molecular weight excluding hydrogens is 383 g/mol. The van der Waals surface area contributed by atoms with E-state index >= 15 is 0 Å². The minimum atomic E-state index is 0. The lowest BCUT2D eigenvalue weighted by molar-refractivity contribution is -0.673. The van der Waals surface area contributed by atoms with Gasteiger partial charge in [-0.2, -0.15) is 0 Å². The Morgan fingerprint density at radius 2 is 1.64 bits per heavy atom. The summed E-state index contributed by atoms with van der Waals surface area (Å²) in [7, 11) is 2.07. The first-order valence-electron chi connectivity index (χ1n) is 7.81. The van der Waals surface area contributed by atoms with Crippen LogP contribution in [0.4, 0.5) is 5.69 Å². The standard InChI is InChI=1S/C19H23N2.HI/c1-20-14-6-3-7-18(20)11-8-17-9-12-19(13-10-17)21-15-4-2-5-16-21;/h3,6-14H,2,4-5,15-16H2,1H3;1H/q+1;/p-1. The number of aromatic nitrogens is 1. The molecule has 0 atom stereocenters. The number of rotatable bonds is 3. The van der Waals surface area contributed by atoms with E-state index in [1.165, 1.54) is 49.3 Å². The Labute approximate surface area is 150 Å². The van der Waals surface area contributed by atoms with Crippen molar-refractivity contribution in [2.75, 3.05) is 18.0 Å². The molecule has 1 saturated heterocycles. The molecule has 0 spiro atoms. The minimum absolute atomic E-state index is 0. The Bertz CT molecular complexity index is 614. The van der Waals surface area contributed by atoms with E-state index in [1.54, 1.807) is 0 Å². The third kappa shape index (κ3) is 4.32. The smallest absolute Gasteiger partial charge is 0.204 e. The molecule has 1 aliphatic rings. The topological polar surface area (TPSA) is 7.12 Å². The molecule has 2 nitrogen and oxygen atoms in total. The summed E-state index contributed by atoms with van der Waals surface area (Å²) in [6.07, 6.45) is 10.4. The van der Waals surface area contributed by atoms with Gasteiger partial charge in [-0.3, -0.25) is 0 Å². The number of pyridine rings is 1. The molecule has 2 heterocycles. The van der Waals surface area contributed by atoms with Crippen LogP contribution in [-0.2, 0) is 7.05 Å². The molecule has 1 aromatic heterocycles. The molecule has 0 amide bonds. The molecule has 2 aromatic rings. The first-order valence-corrected chi connectivity index (χ1v) is 7.81. The van der Waals surface area contributed by atoms with E-state index in [4.69, 9.17) is 0 Å². The molecule has 0 radical (unpaired) electrons. The van der Waals surface area contributed by atoms with Gasteiger partial charge in [0.2, 0.25) is 5.69 Å². The largest absolute Gasteiger partial charge is 1.00 e. The molecule has 0 aliphatic carbocycles. The summed E-state index contributed by atoms with van der Waals surface area (Å²) in [5, 5.41) is 0. The maximum atomic E-state index is 2.49. The maximum Gasteiger partial charge on any atom is 0.204 e. The van der Waals surface area contributed by atoms with E-state index in [2.05, 4.69) is 71.3 Å². The first-order chi connectivity index (χ1) is 10.3. The van der Waals surface area contributed by atoms with Crippen LogP contribution < -0.4 is 33.4 Å². The van der Waals surface area contributed by atoms with E-state index in [0.29, 0.717) is 0 Å². The molecule has 22 heavy (non-hydrogen) atoms. The summed E-state index contributed by atoms with van der Waals surface area (Å²) in [6, 6.07) is 15.2. The van der Waals surface area contributed by atoms with Crippen molar-refractivity contribution in [3.63, 3.8) is 0 Å². The average Bonchev–Trinajstić information content (AvgIpc) is 2.55. The fourth-order valence-corrected chi connectivity index (χ4v) is 2.84. The van der Waals surface area contributed by atoms with Crippen molar-refractivity contribution in [2.24, 2.45) is 7.05 Å². The van der Waals surface area contributed by atoms with Gasteiger partial charge >= 0.3 is 0 Å². The van der Waals surface area contributed by atoms with Crippen LogP contribution in [0.2, 0.25) is 0 Å². The van der Waals surface area contributed by atoms with Gasteiger partial charge in [0.05, 0.1) is 0 Å². The van der Waals surface area contributed by atoms with Crippen LogP contribution in [0.5, 0.6) is 0 Å². The van der Waals surface area contributed by atoms with Crippen LogP contribution >= 0.6 is 0 Å². The number of hydrogen-bond donors (Lipinski definition) is 0. The van der Waals surface area contributed by atoms with Gasteiger partial charge in [-0.05, 0) is 49.1 Å². The highest BCUT2D eigenvalue weighted by Crippen LogP contribution is 2.20. The summed E-state index contributed by atoms with van der Waals surface area (Å²) in [4.78, 5) is 2.49. The van der Waals surface area contributed by atoms with E-state index < -0.39 is 0 Å². The number of aryl methyl sites for hydroxylation is 1. The predicted octanol–water partition coefficient (Wildman–Crippen LogP) is 0.676. The van der Waals surface area contributed by atoms with Crippen LogP contribution in [0.15, 0.2) is 48.7 Å². The fourth-order valence-electron chi connectivity index (χ4n) is 2.84. The Morgan fingerprint density at radius 1 is 0.909 bits per heavy atom. The van der Waals surface area contributed by atoms with E-state index in [0.717, 1.165) is 0 Å². The second-order valence-electron chi connectivity index (χ2n) is 5.71. The minimum Gasteiger partial charge on any atom is -1.00 e. The third-order valence-electron chi connectivity index (χ3n) is 4.16. The van der Waals surface area contributed by atoms with Gasteiger partial charge < -0.3 is 28.9 Å². The van der Waals surface area contributed by atoms with Gasteiger partial charge in [-0.1, -0.05) is 12.1 Å². The highest BCUT2D eigenvalue weighted by molar-refractivity contribution is 5.68. The SMILES string of the molecule is C[n+]1ccccc1/C=C/c1ccc(N2CCCCC2)cc1.[I-]. The quantitative estimate of drug-likeness (QED) is 0.537. The van der Waals surface area contributed by atoms with Crippen LogP contribution in [-0.4, -0.2) is 13.1 Å².